The minimum Gasteiger partial charge on any atom is -0.497 e. The average molecular weight is 506 g/mol. The van der Waals surface area contributed by atoms with Crippen LogP contribution in [0.1, 0.15) is 53.2 Å². The summed E-state index contributed by atoms with van der Waals surface area (Å²) in [6.07, 6.45) is 3.23. The number of methoxy groups -OCH3 is 1. The second-order valence-electron chi connectivity index (χ2n) is 9.89. The van der Waals surface area contributed by atoms with Crippen LogP contribution in [0.25, 0.3) is 0 Å². The molecule has 1 aliphatic heterocycles. The first-order valence-electron chi connectivity index (χ1n) is 13.0. The predicted octanol–water partition coefficient (Wildman–Crippen LogP) is 6.05. The van der Waals surface area contributed by atoms with E-state index in [1.54, 1.807) is 18.4 Å². The number of carbonyl (C=O) groups excluding carboxylic acids is 1. The third-order valence-corrected chi connectivity index (χ3v) is 8.19. The monoisotopic (exact) mass is 505 g/mol. The van der Waals surface area contributed by atoms with Gasteiger partial charge in [-0.2, -0.15) is 11.3 Å². The molecule has 0 bridgehead atoms. The van der Waals surface area contributed by atoms with Crippen LogP contribution >= 0.6 is 11.3 Å². The first-order chi connectivity index (χ1) is 17.5. The summed E-state index contributed by atoms with van der Waals surface area (Å²) in [7, 11) is 1.71. The molecule has 0 radical (unpaired) electrons. The normalized spacial score (nSPS) is 15.4. The van der Waals surface area contributed by atoms with Crippen molar-refractivity contribution in [2.45, 2.75) is 58.7 Å². The average Bonchev–Trinajstić information content (AvgIpc) is 3.41. The summed E-state index contributed by atoms with van der Waals surface area (Å²) in [5.74, 6) is 0.933. The lowest BCUT2D eigenvalue weighted by molar-refractivity contribution is 0.0944. The van der Waals surface area contributed by atoms with Crippen molar-refractivity contribution in [2.75, 3.05) is 31.6 Å². The molecule has 0 unspecified atom stereocenters. The highest BCUT2D eigenvalue weighted by atomic mass is 32.1. The Morgan fingerprint density at radius 2 is 1.81 bits per heavy atom. The van der Waals surface area contributed by atoms with Crippen molar-refractivity contribution in [3.8, 4) is 5.75 Å². The van der Waals surface area contributed by atoms with Crippen LogP contribution in [0.15, 0.2) is 59.3 Å². The fraction of sp³-hybridized carbons (Fsp3) is 0.433. The maximum Gasteiger partial charge on any atom is 0.251 e. The number of likely N-dealkylation sites (tertiary alicyclic amines) is 1. The number of piperidine rings is 1. The van der Waals surface area contributed by atoms with Gasteiger partial charge in [-0.05, 0) is 97.8 Å². The Labute approximate surface area is 220 Å². The maximum atomic E-state index is 12.7. The van der Waals surface area contributed by atoms with E-state index in [0.717, 1.165) is 61.3 Å². The number of hydrogen-bond acceptors (Lipinski definition) is 5. The number of carbonyl (C=O) groups is 1. The zero-order chi connectivity index (χ0) is 25.5. The van der Waals surface area contributed by atoms with Crippen molar-refractivity contribution in [3.05, 3.63) is 81.5 Å². The van der Waals surface area contributed by atoms with Gasteiger partial charge in [-0.1, -0.05) is 18.2 Å². The number of anilines is 1. The molecule has 1 amide bonds. The van der Waals surface area contributed by atoms with Gasteiger partial charge in [0.25, 0.3) is 5.91 Å². The third kappa shape index (κ3) is 6.48. The smallest absolute Gasteiger partial charge is 0.251 e. The van der Waals surface area contributed by atoms with Gasteiger partial charge in [0.15, 0.2) is 0 Å². The Bertz CT molecular complexity index is 1090. The van der Waals surface area contributed by atoms with Crippen LogP contribution in [0.4, 0.5) is 5.69 Å². The number of ether oxygens (including phenoxy) is 1. The van der Waals surface area contributed by atoms with Gasteiger partial charge in [0.2, 0.25) is 0 Å². The molecule has 36 heavy (non-hydrogen) atoms. The van der Waals surface area contributed by atoms with Gasteiger partial charge in [-0.15, -0.1) is 0 Å². The van der Waals surface area contributed by atoms with Gasteiger partial charge in [-0.3, -0.25) is 4.79 Å². The number of benzene rings is 2. The predicted molar refractivity (Wildman–Crippen MR) is 150 cm³/mol. The van der Waals surface area contributed by atoms with Crippen molar-refractivity contribution in [2.24, 2.45) is 0 Å². The van der Waals surface area contributed by atoms with Gasteiger partial charge in [0.05, 0.1) is 7.11 Å². The Hall–Kier alpha value is -2.83. The lowest BCUT2D eigenvalue weighted by atomic mass is 9.99. The van der Waals surface area contributed by atoms with Gasteiger partial charge in [0.1, 0.15) is 5.75 Å². The van der Waals surface area contributed by atoms with Crippen molar-refractivity contribution in [1.29, 1.82) is 0 Å². The second kappa shape index (κ2) is 12.4. The van der Waals surface area contributed by atoms with Crippen LogP contribution in [-0.4, -0.2) is 49.6 Å². The molecular weight excluding hydrogens is 466 g/mol. The lowest BCUT2D eigenvalue weighted by Gasteiger charge is -2.42. The summed E-state index contributed by atoms with van der Waals surface area (Å²) >= 11 is 1.76. The van der Waals surface area contributed by atoms with Crippen LogP contribution in [0, 0.1) is 13.8 Å². The molecule has 3 aromatic rings. The van der Waals surface area contributed by atoms with E-state index in [9.17, 15) is 4.79 Å². The largest absolute Gasteiger partial charge is 0.497 e. The van der Waals surface area contributed by atoms with E-state index >= 15 is 0 Å². The minimum absolute atomic E-state index is 0.0417. The van der Waals surface area contributed by atoms with Crippen LogP contribution < -0.4 is 15.0 Å². The Balaban J connectivity index is 1.31. The molecule has 0 saturated carbocycles. The number of nitrogens with zero attached hydrogens (tertiary/aromatic N) is 2. The van der Waals surface area contributed by atoms with E-state index in [-0.39, 0.29) is 5.91 Å². The Kier molecular flexibility index (Phi) is 9.05. The van der Waals surface area contributed by atoms with Crippen LogP contribution in [0.3, 0.4) is 0 Å². The van der Waals surface area contributed by atoms with E-state index < -0.39 is 0 Å². The molecule has 1 N–H and O–H groups in total. The van der Waals surface area contributed by atoms with E-state index in [4.69, 9.17) is 4.74 Å². The summed E-state index contributed by atoms with van der Waals surface area (Å²) in [4.78, 5) is 17.9. The maximum absolute atomic E-state index is 12.7. The van der Waals surface area contributed by atoms with Gasteiger partial charge < -0.3 is 19.9 Å². The van der Waals surface area contributed by atoms with Crippen molar-refractivity contribution in [1.82, 2.24) is 10.2 Å². The second-order valence-corrected chi connectivity index (χ2v) is 10.7. The SMILES string of the molecule is COc1ccc(N(Cc2ccsc2)C2CCN([C@H](C)CCNC(=O)c3c(C)cccc3C)CC2)cc1. The molecule has 1 saturated heterocycles. The molecule has 2 aromatic carbocycles. The summed E-state index contributed by atoms with van der Waals surface area (Å²) in [5, 5.41) is 7.56. The third-order valence-electron chi connectivity index (χ3n) is 7.46. The Morgan fingerprint density at radius 1 is 1.11 bits per heavy atom. The minimum atomic E-state index is 0.0417. The highest BCUT2D eigenvalue weighted by Gasteiger charge is 2.27. The topological polar surface area (TPSA) is 44.8 Å². The molecular formula is C30H39N3O2S. The van der Waals surface area contributed by atoms with Gasteiger partial charge in [-0.25, -0.2) is 0 Å². The first-order valence-corrected chi connectivity index (χ1v) is 13.9. The number of rotatable bonds is 10. The molecule has 192 valence electrons. The van der Waals surface area contributed by atoms with Crippen LogP contribution in [0.2, 0.25) is 0 Å². The quantitative estimate of drug-likeness (QED) is 0.364. The standard InChI is InChI=1S/C30H39N3O2S/c1-22-6-5-7-23(2)29(22)30(34)31-16-12-24(3)32-17-13-27(14-18-32)33(20-25-15-19-36-21-25)26-8-10-28(35-4)11-9-26/h5-11,15,19,21,24,27H,12-14,16-18,20H2,1-4H3,(H,31,34)/t24-/m1/s1. The molecule has 0 aliphatic carbocycles. The van der Waals surface area contributed by atoms with Gasteiger partial charge in [0, 0.05) is 49.5 Å². The van der Waals surface area contributed by atoms with Gasteiger partial charge >= 0.3 is 0 Å². The molecule has 1 atom stereocenters. The molecule has 1 fully saturated rings. The molecule has 0 spiro atoms. The van der Waals surface area contributed by atoms with Crippen molar-refractivity contribution in [3.63, 3.8) is 0 Å². The summed E-state index contributed by atoms with van der Waals surface area (Å²) in [5.41, 5.74) is 5.50. The summed E-state index contributed by atoms with van der Waals surface area (Å²) in [6, 6.07) is 17.7. The zero-order valence-electron chi connectivity index (χ0n) is 22.0. The van der Waals surface area contributed by atoms with E-state index in [1.807, 2.05) is 32.0 Å². The van der Waals surface area contributed by atoms with Crippen LogP contribution in [-0.2, 0) is 6.54 Å². The molecule has 1 aliphatic rings. The fourth-order valence-electron chi connectivity index (χ4n) is 5.26. The number of aryl methyl sites for hydroxylation is 2. The Morgan fingerprint density at radius 3 is 2.42 bits per heavy atom. The number of nitrogens with one attached hydrogen (secondary N) is 1. The highest BCUT2D eigenvalue weighted by Crippen LogP contribution is 2.29. The summed E-state index contributed by atoms with van der Waals surface area (Å²) in [6.45, 7) is 10.1. The van der Waals surface area contributed by atoms with Crippen LogP contribution in [0.5, 0.6) is 5.75 Å². The lowest BCUT2D eigenvalue weighted by Crippen LogP contribution is -2.48. The van der Waals surface area contributed by atoms with Crippen molar-refractivity contribution >= 4 is 22.9 Å². The summed E-state index contributed by atoms with van der Waals surface area (Å²) < 4.78 is 5.37. The number of hydrogen-bond donors (Lipinski definition) is 1. The first kappa shape index (κ1) is 26.2. The number of thiophene rings is 1. The molecule has 4 rings (SSSR count). The zero-order valence-corrected chi connectivity index (χ0v) is 22.8. The fourth-order valence-corrected chi connectivity index (χ4v) is 5.92. The van der Waals surface area contributed by atoms with Crippen molar-refractivity contribution < 1.29 is 9.53 Å². The van der Waals surface area contributed by atoms with E-state index in [0.29, 0.717) is 18.6 Å². The van der Waals surface area contributed by atoms with E-state index in [2.05, 4.69) is 63.1 Å². The molecule has 1 aromatic heterocycles. The van der Waals surface area contributed by atoms with E-state index in [1.165, 1.54) is 11.3 Å². The number of amides is 1. The molecule has 2 heterocycles. The molecule has 5 nitrogen and oxygen atoms in total. The molecule has 6 heteroatoms. The highest BCUT2D eigenvalue weighted by molar-refractivity contribution is 7.07.